The largest absolute Gasteiger partial charge is 0.351 e. The van der Waals surface area contributed by atoms with Crippen LogP contribution in [0.15, 0.2) is 0 Å². The number of ether oxygens (including phenoxy) is 1. The van der Waals surface area contributed by atoms with Gasteiger partial charge in [-0.1, -0.05) is 27.7 Å². The van der Waals surface area contributed by atoms with Crippen LogP contribution in [0.25, 0.3) is 0 Å². The second-order valence-electron chi connectivity index (χ2n) is 5.22. The van der Waals surface area contributed by atoms with Gasteiger partial charge in [-0.05, 0) is 18.8 Å². The number of rotatable bonds is 5. The molecule has 0 saturated carbocycles. The molecule has 2 atom stereocenters. The molecular formula is C12H23NO3. The molecule has 0 aromatic heterocycles. The summed E-state index contributed by atoms with van der Waals surface area (Å²) in [6.45, 7) is 11.4. The van der Waals surface area contributed by atoms with Crippen LogP contribution in [0.4, 0.5) is 0 Å². The molecule has 0 spiro atoms. The van der Waals surface area contributed by atoms with E-state index < -0.39 is 0 Å². The fraction of sp³-hybridized carbons (Fsp3) is 0.917. The molecule has 4 heteroatoms. The Morgan fingerprint density at radius 1 is 1.44 bits per heavy atom. The molecule has 16 heavy (non-hydrogen) atoms. The number of hydroxylamine groups is 2. The lowest BCUT2D eigenvalue weighted by atomic mass is 9.76. The molecule has 0 aromatic carbocycles. The first-order valence-electron chi connectivity index (χ1n) is 5.99. The van der Waals surface area contributed by atoms with Crippen LogP contribution in [0.3, 0.4) is 0 Å². The second-order valence-corrected chi connectivity index (χ2v) is 5.22. The van der Waals surface area contributed by atoms with Gasteiger partial charge in [0.05, 0.1) is 12.5 Å². The number of nitrogens with zero attached hydrogens (tertiary/aromatic N) is 1. The van der Waals surface area contributed by atoms with Crippen molar-refractivity contribution < 1.29 is 14.4 Å². The molecule has 1 aliphatic heterocycles. The quantitative estimate of drug-likeness (QED) is 0.536. The van der Waals surface area contributed by atoms with Crippen molar-refractivity contribution in [1.29, 1.82) is 0 Å². The Morgan fingerprint density at radius 2 is 2.06 bits per heavy atom. The smallest absolute Gasteiger partial charge is 0.251 e. The summed E-state index contributed by atoms with van der Waals surface area (Å²) in [4.78, 5) is 17.3. The van der Waals surface area contributed by atoms with Crippen LogP contribution >= 0.6 is 0 Å². The number of carbonyl (C=O) groups is 1. The SMILES string of the molecule is CCOC(CC)ON1CC(C(C)(C)C)C1=O. The fourth-order valence-corrected chi connectivity index (χ4v) is 1.69. The molecule has 1 aliphatic rings. The van der Waals surface area contributed by atoms with Gasteiger partial charge >= 0.3 is 0 Å². The van der Waals surface area contributed by atoms with E-state index in [2.05, 4.69) is 20.8 Å². The van der Waals surface area contributed by atoms with Gasteiger partial charge in [-0.3, -0.25) is 4.79 Å². The van der Waals surface area contributed by atoms with Crippen LogP contribution in [-0.2, 0) is 14.4 Å². The number of β-lactam (4-membered cyclic amide) rings is 1. The van der Waals surface area contributed by atoms with E-state index in [0.29, 0.717) is 13.2 Å². The maximum atomic E-state index is 11.8. The van der Waals surface area contributed by atoms with Crippen molar-refractivity contribution in [1.82, 2.24) is 5.06 Å². The van der Waals surface area contributed by atoms with Crippen LogP contribution in [0.1, 0.15) is 41.0 Å². The van der Waals surface area contributed by atoms with Gasteiger partial charge in [0.15, 0.2) is 6.29 Å². The summed E-state index contributed by atoms with van der Waals surface area (Å²) in [5.74, 6) is 0.150. The highest BCUT2D eigenvalue weighted by Gasteiger charge is 2.45. The molecule has 94 valence electrons. The maximum Gasteiger partial charge on any atom is 0.251 e. The van der Waals surface area contributed by atoms with Gasteiger partial charge in [-0.15, -0.1) is 0 Å². The fourth-order valence-electron chi connectivity index (χ4n) is 1.69. The Hall–Kier alpha value is -0.610. The molecule has 1 rings (SSSR count). The summed E-state index contributed by atoms with van der Waals surface area (Å²) in [6.07, 6.45) is 0.451. The van der Waals surface area contributed by atoms with Gasteiger partial charge in [0.25, 0.3) is 5.91 Å². The van der Waals surface area contributed by atoms with Gasteiger partial charge in [-0.2, -0.15) is 0 Å². The minimum Gasteiger partial charge on any atom is -0.351 e. The molecule has 0 radical (unpaired) electrons. The van der Waals surface area contributed by atoms with E-state index in [1.807, 2.05) is 13.8 Å². The van der Waals surface area contributed by atoms with Crippen molar-refractivity contribution >= 4 is 5.91 Å². The van der Waals surface area contributed by atoms with Gasteiger partial charge in [0, 0.05) is 6.61 Å². The second kappa shape index (κ2) is 5.15. The van der Waals surface area contributed by atoms with Crippen LogP contribution in [-0.4, -0.2) is 30.4 Å². The van der Waals surface area contributed by atoms with Gasteiger partial charge < -0.3 is 4.74 Å². The zero-order valence-corrected chi connectivity index (χ0v) is 10.9. The molecule has 0 bridgehead atoms. The molecule has 0 N–H and O–H groups in total. The highest BCUT2D eigenvalue weighted by molar-refractivity contribution is 5.84. The van der Waals surface area contributed by atoms with Crippen molar-refractivity contribution in [3.8, 4) is 0 Å². The molecule has 2 unspecified atom stereocenters. The number of amides is 1. The summed E-state index contributed by atoms with van der Waals surface area (Å²) in [5, 5.41) is 1.43. The lowest BCUT2D eigenvalue weighted by Gasteiger charge is -2.44. The lowest BCUT2D eigenvalue weighted by Crippen LogP contribution is -2.58. The Kier molecular flexibility index (Phi) is 4.33. The monoisotopic (exact) mass is 229 g/mol. The predicted molar refractivity (Wildman–Crippen MR) is 61.4 cm³/mol. The molecule has 1 fully saturated rings. The minimum atomic E-state index is -0.296. The van der Waals surface area contributed by atoms with Crippen LogP contribution in [0, 0.1) is 11.3 Å². The average Bonchev–Trinajstić information content (AvgIpc) is 2.19. The molecule has 1 saturated heterocycles. The number of hydrogen-bond acceptors (Lipinski definition) is 3. The summed E-state index contributed by atoms with van der Waals surface area (Å²) in [5.41, 5.74) is 0.0181. The van der Waals surface area contributed by atoms with E-state index in [1.54, 1.807) is 0 Å². The standard InChI is InChI=1S/C12H23NO3/c1-6-10(15-7-2)16-13-8-9(11(13)14)12(3,4)5/h9-10H,6-8H2,1-5H3. The molecule has 0 aliphatic carbocycles. The van der Waals surface area contributed by atoms with Crippen LogP contribution < -0.4 is 0 Å². The summed E-state index contributed by atoms with van der Waals surface area (Å²) in [6, 6.07) is 0. The van der Waals surface area contributed by atoms with E-state index in [9.17, 15) is 4.79 Å². The predicted octanol–water partition coefficient (Wildman–Crippen LogP) is 2.20. The maximum absolute atomic E-state index is 11.8. The Labute approximate surface area is 97.9 Å². The van der Waals surface area contributed by atoms with E-state index in [1.165, 1.54) is 5.06 Å². The van der Waals surface area contributed by atoms with Crippen molar-refractivity contribution in [3.63, 3.8) is 0 Å². The zero-order valence-electron chi connectivity index (χ0n) is 10.9. The molecule has 0 aromatic rings. The van der Waals surface area contributed by atoms with Crippen LogP contribution in [0.5, 0.6) is 0 Å². The normalized spacial score (nSPS) is 23.2. The van der Waals surface area contributed by atoms with Gasteiger partial charge in [0.2, 0.25) is 0 Å². The first-order chi connectivity index (χ1) is 7.40. The summed E-state index contributed by atoms with van der Waals surface area (Å²) >= 11 is 0. The highest BCUT2D eigenvalue weighted by atomic mass is 16.8. The topological polar surface area (TPSA) is 38.8 Å². The lowest BCUT2D eigenvalue weighted by molar-refractivity contribution is -0.298. The molecule has 1 heterocycles. The first-order valence-corrected chi connectivity index (χ1v) is 5.99. The zero-order chi connectivity index (χ0) is 12.3. The Morgan fingerprint density at radius 3 is 2.44 bits per heavy atom. The Bertz CT molecular complexity index is 247. The third-order valence-corrected chi connectivity index (χ3v) is 2.87. The van der Waals surface area contributed by atoms with Gasteiger partial charge in [-0.25, -0.2) is 9.90 Å². The molecule has 1 amide bonds. The van der Waals surface area contributed by atoms with Crippen LogP contribution in [0.2, 0.25) is 0 Å². The summed E-state index contributed by atoms with van der Waals surface area (Å²) in [7, 11) is 0. The number of carbonyl (C=O) groups excluding carboxylic acids is 1. The minimum absolute atomic E-state index is 0.0181. The van der Waals surface area contributed by atoms with E-state index >= 15 is 0 Å². The number of hydrogen-bond donors (Lipinski definition) is 0. The van der Waals surface area contributed by atoms with Crippen molar-refractivity contribution in [2.75, 3.05) is 13.2 Å². The molecular weight excluding hydrogens is 206 g/mol. The van der Waals surface area contributed by atoms with E-state index in [0.717, 1.165) is 6.42 Å². The first kappa shape index (κ1) is 13.5. The summed E-state index contributed by atoms with van der Waals surface area (Å²) < 4.78 is 5.35. The van der Waals surface area contributed by atoms with Gasteiger partial charge in [0.1, 0.15) is 0 Å². The van der Waals surface area contributed by atoms with Crippen molar-refractivity contribution in [3.05, 3.63) is 0 Å². The third-order valence-electron chi connectivity index (χ3n) is 2.87. The van der Waals surface area contributed by atoms with Crippen molar-refractivity contribution in [2.45, 2.75) is 47.3 Å². The van der Waals surface area contributed by atoms with Crippen molar-refractivity contribution in [2.24, 2.45) is 11.3 Å². The van der Waals surface area contributed by atoms with E-state index in [4.69, 9.17) is 9.57 Å². The molecule has 4 nitrogen and oxygen atoms in total. The average molecular weight is 229 g/mol. The highest BCUT2D eigenvalue weighted by Crippen LogP contribution is 2.35. The Balaban J connectivity index is 2.41. The van der Waals surface area contributed by atoms with E-state index in [-0.39, 0.29) is 23.5 Å². The third kappa shape index (κ3) is 2.95.